The molecule has 0 radical (unpaired) electrons. The van der Waals surface area contributed by atoms with Gasteiger partial charge in [-0.3, -0.25) is 4.79 Å². The second kappa shape index (κ2) is 8.79. The summed E-state index contributed by atoms with van der Waals surface area (Å²) in [5.41, 5.74) is 0.764. The third-order valence-corrected chi connectivity index (χ3v) is 3.97. The van der Waals surface area contributed by atoms with Crippen molar-refractivity contribution in [3.05, 3.63) is 27.8 Å². The Bertz CT molecular complexity index is 509. The summed E-state index contributed by atoms with van der Waals surface area (Å²) in [7, 11) is 0. The van der Waals surface area contributed by atoms with Gasteiger partial charge in [0, 0.05) is 9.26 Å². The standard InChI is InChI=1S/C11H10Cl4IN3OS/c12-5-8(20)18-9(11(13,14)15)19-10(21)17-7-3-1-6(16)2-4-7/h1-4,9H,5H2,(H,18,20)(H2,17,19,21)/t9-/m0/s1. The van der Waals surface area contributed by atoms with Crippen LogP contribution in [-0.4, -0.2) is 26.9 Å². The molecule has 21 heavy (non-hydrogen) atoms. The van der Waals surface area contributed by atoms with Gasteiger partial charge in [0.1, 0.15) is 12.0 Å². The van der Waals surface area contributed by atoms with E-state index in [0.717, 1.165) is 9.26 Å². The van der Waals surface area contributed by atoms with E-state index in [-0.39, 0.29) is 11.0 Å². The molecule has 0 spiro atoms. The quantitative estimate of drug-likeness (QED) is 0.256. The Morgan fingerprint density at radius 3 is 2.29 bits per heavy atom. The van der Waals surface area contributed by atoms with Gasteiger partial charge < -0.3 is 16.0 Å². The maximum Gasteiger partial charge on any atom is 0.236 e. The van der Waals surface area contributed by atoms with Gasteiger partial charge in [0.15, 0.2) is 5.11 Å². The molecule has 4 nitrogen and oxygen atoms in total. The number of anilines is 1. The van der Waals surface area contributed by atoms with E-state index in [1.807, 2.05) is 24.3 Å². The summed E-state index contributed by atoms with van der Waals surface area (Å²) < 4.78 is -0.704. The van der Waals surface area contributed by atoms with E-state index in [9.17, 15) is 4.79 Å². The second-order valence-electron chi connectivity index (χ2n) is 3.78. The summed E-state index contributed by atoms with van der Waals surface area (Å²) in [6.45, 7) is 0. The Labute approximate surface area is 161 Å². The largest absolute Gasteiger partial charge is 0.339 e. The van der Waals surface area contributed by atoms with Crippen LogP contribution in [0.5, 0.6) is 0 Å². The zero-order chi connectivity index (χ0) is 16.0. The van der Waals surface area contributed by atoms with Crippen molar-refractivity contribution < 1.29 is 4.79 Å². The van der Waals surface area contributed by atoms with E-state index < -0.39 is 15.9 Å². The molecule has 1 amide bonds. The first kappa shape index (κ1) is 19.3. The number of carbonyl (C=O) groups is 1. The molecule has 1 atom stereocenters. The highest BCUT2D eigenvalue weighted by Crippen LogP contribution is 2.29. The maximum absolute atomic E-state index is 11.3. The second-order valence-corrected chi connectivity index (χ2v) is 8.07. The van der Waals surface area contributed by atoms with Crippen molar-refractivity contribution in [2.24, 2.45) is 0 Å². The molecule has 0 heterocycles. The lowest BCUT2D eigenvalue weighted by molar-refractivity contribution is -0.119. The van der Waals surface area contributed by atoms with E-state index in [4.69, 9.17) is 58.6 Å². The number of nitrogens with one attached hydrogen (secondary N) is 3. The zero-order valence-electron chi connectivity index (χ0n) is 10.3. The summed E-state index contributed by atoms with van der Waals surface area (Å²) in [6.07, 6.45) is -1.02. The van der Waals surface area contributed by atoms with Crippen LogP contribution in [0.1, 0.15) is 0 Å². The molecule has 0 aliphatic heterocycles. The Hall–Kier alpha value is 0.270. The minimum absolute atomic E-state index is 0.197. The van der Waals surface area contributed by atoms with Crippen LogP contribution in [0.4, 0.5) is 5.69 Å². The molecule has 0 aliphatic rings. The molecule has 3 N–H and O–H groups in total. The molecule has 0 unspecified atom stereocenters. The topological polar surface area (TPSA) is 53.2 Å². The highest BCUT2D eigenvalue weighted by atomic mass is 127. The van der Waals surface area contributed by atoms with Crippen LogP contribution in [0.25, 0.3) is 0 Å². The summed E-state index contributed by atoms with van der Waals surface area (Å²) in [6, 6.07) is 7.51. The molecule has 1 rings (SSSR count). The molecule has 0 fully saturated rings. The molecule has 0 aromatic heterocycles. The van der Waals surface area contributed by atoms with Gasteiger partial charge in [0.25, 0.3) is 0 Å². The maximum atomic E-state index is 11.3. The molecular formula is C11H10Cl4IN3OS. The Balaban J connectivity index is 2.67. The predicted octanol–water partition coefficient (Wildman–Crippen LogP) is 3.63. The van der Waals surface area contributed by atoms with Crippen molar-refractivity contribution >= 4 is 97.9 Å². The van der Waals surface area contributed by atoms with Crippen molar-refractivity contribution in [3.8, 4) is 0 Å². The van der Waals surface area contributed by atoms with Crippen molar-refractivity contribution in [2.45, 2.75) is 9.96 Å². The number of rotatable bonds is 4. The van der Waals surface area contributed by atoms with Crippen molar-refractivity contribution in [1.82, 2.24) is 10.6 Å². The lowest BCUT2D eigenvalue weighted by atomic mass is 10.3. The number of hydrogen-bond donors (Lipinski definition) is 3. The molecular weight excluding hydrogens is 491 g/mol. The number of benzene rings is 1. The number of hydrogen-bond acceptors (Lipinski definition) is 2. The average molecular weight is 501 g/mol. The number of amides is 1. The first-order valence-electron chi connectivity index (χ1n) is 5.47. The fourth-order valence-electron chi connectivity index (χ4n) is 1.23. The third-order valence-electron chi connectivity index (χ3n) is 2.13. The van der Waals surface area contributed by atoms with Crippen LogP contribution in [0, 0.1) is 3.57 Å². The summed E-state index contributed by atoms with van der Waals surface area (Å²) in [4.78, 5) is 11.3. The van der Waals surface area contributed by atoms with E-state index in [1.54, 1.807) is 0 Å². The lowest BCUT2D eigenvalue weighted by Crippen LogP contribution is -2.56. The molecule has 1 aromatic rings. The van der Waals surface area contributed by atoms with E-state index in [2.05, 4.69) is 38.5 Å². The molecule has 0 saturated heterocycles. The Kier molecular flexibility index (Phi) is 8.08. The van der Waals surface area contributed by atoms with E-state index in [1.165, 1.54) is 0 Å². The Morgan fingerprint density at radius 1 is 1.24 bits per heavy atom. The first-order valence-corrected chi connectivity index (χ1v) is 8.63. The summed E-state index contributed by atoms with van der Waals surface area (Å²) in [5, 5.41) is 8.26. The first-order chi connectivity index (χ1) is 9.72. The van der Waals surface area contributed by atoms with Gasteiger partial charge in [-0.25, -0.2) is 0 Å². The molecule has 1 aromatic carbocycles. The van der Waals surface area contributed by atoms with Crippen LogP contribution >= 0.6 is 81.2 Å². The third kappa shape index (κ3) is 7.38. The lowest BCUT2D eigenvalue weighted by Gasteiger charge is -2.27. The molecule has 0 saturated carbocycles. The summed E-state index contributed by atoms with van der Waals surface area (Å²) in [5.74, 6) is -0.742. The normalized spacial score (nSPS) is 12.4. The Morgan fingerprint density at radius 2 is 1.81 bits per heavy atom. The van der Waals surface area contributed by atoms with Gasteiger partial charge in [-0.1, -0.05) is 34.8 Å². The highest BCUT2D eigenvalue weighted by molar-refractivity contribution is 14.1. The molecule has 0 bridgehead atoms. The van der Waals surface area contributed by atoms with Crippen LogP contribution in [0.3, 0.4) is 0 Å². The van der Waals surface area contributed by atoms with Gasteiger partial charge in [-0.15, -0.1) is 11.6 Å². The SMILES string of the molecule is O=C(CCl)N[C@@H](NC(=S)Nc1ccc(I)cc1)C(Cl)(Cl)Cl. The zero-order valence-corrected chi connectivity index (χ0v) is 16.3. The van der Waals surface area contributed by atoms with Gasteiger partial charge in [0.2, 0.25) is 9.70 Å². The molecule has 10 heteroatoms. The van der Waals surface area contributed by atoms with Crippen molar-refractivity contribution in [3.63, 3.8) is 0 Å². The fourth-order valence-corrected chi connectivity index (χ4v) is 2.23. The van der Waals surface area contributed by atoms with Crippen LogP contribution in [0.15, 0.2) is 24.3 Å². The number of halogens is 5. The van der Waals surface area contributed by atoms with Crippen molar-refractivity contribution in [2.75, 3.05) is 11.2 Å². The number of alkyl halides is 4. The highest BCUT2D eigenvalue weighted by Gasteiger charge is 2.34. The van der Waals surface area contributed by atoms with E-state index in [0.29, 0.717) is 0 Å². The van der Waals surface area contributed by atoms with Gasteiger partial charge in [-0.2, -0.15) is 0 Å². The monoisotopic (exact) mass is 499 g/mol. The van der Waals surface area contributed by atoms with Crippen molar-refractivity contribution in [1.29, 1.82) is 0 Å². The average Bonchev–Trinajstić information content (AvgIpc) is 2.39. The van der Waals surface area contributed by atoms with E-state index >= 15 is 0 Å². The molecule has 116 valence electrons. The number of thiocarbonyl (C=S) groups is 1. The predicted molar refractivity (Wildman–Crippen MR) is 101 cm³/mol. The smallest absolute Gasteiger partial charge is 0.236 e. The van der Waals surface area contributed by atoms with Crippen LogP contribution in [-0.2, 0) is 4.79 Å². The van der Waals surface area contributed by atoms with Gasteiger partial charge >= 0.3 is 0 Å². The summed E-state index contributed by atoms with van der Waals surface area (Å²) >= 11 is 30.1. The molecule has 0 aliphatic carbocycles. The van der Waals surface area contributed by atoms with Crippen LogP contribution < -0.4 is 16.0 Å². The minimum Gasteiger partial charge on any atom is -0.339 e. The fraction of sp³-hybridized carbons (Fsp3) is 0.273. The number of carbonyl (C=O) groups excluding carboxylic acids is 1. The van der Waals surface area contributed by atoms with Crippen LogP contribution in [0.2, 0.25) is 0 Å². The minimum atomic E-state index is -1.79. The van der Waals surface area contributed by atoms with Gasteiger partial charge in [-0.05, 0) is 59.1 Å². The van der Waals surface area contributed by atoms with Gasteiger partial charge in [0.05, 0.1) is 0 Å².